The van der Waals surface area contributed by atoms with E-state index in [9.17, 15) is 9.59 Å². The molecule has 0 bridgehead atoms. The molecule has 0 amide bonds. The predicted molar refractivity (Wildman–Crippen MR) is 72.2 cm³/mol. The Morgan fingerprint density at radius 2 is 1.56 bits per heavy atom. The highest BCUT2D eigenvalue weighted by molar-refractivity contribution is 6.53. The van der Waals surface area contributed by atoms with Crippen LogP contribution in [0.2, 0.25) is 0 Å². The SMILES string of the molecule is C=C/C=C\C1=C(C=C)C(=O)C(=O)c2ccccc21. The molecule has 0 spiro atoms. The second-order valence-corrected chi connectivity index (χ2v) is 3.83. The maximum Gasteiger partial charge on any atom is 0.234 e. The molecule has 0 saturated carbocycles. The fourth-order valence-electron chi connectivity index (χ4n) is 1.97. The number of carbonyl (C=O) groups excluding carboxylic acids is 2. The maximum absolute atomic E-state index is 12.0. The molecule has 1 aromatic rings. The summed E-state index contributed by atoms with van der Waals surface area (Å²) >= 11 is 0. The second kappa shape index (κ2) is 4.80. The third-order valence-corrected chi connectivity index (χ3v) is 2.81. The van der Waals surface area contributed by atoms with Crippen LogP contribution in [0.1, 0.15) is 15.9 Å². The van der Waals surface area contributed by atoms with Crippen LogP contribution in [0.15, 0.2) is 67.3 Å². The van der Waals surface area contributed by atoms with E-state index >= 15 is 0 Å². The summed E-state index contributed by atoms with van der Waals surface area (Å²) in [5.74, 6) is -0.983. The molecule has 0 fully saturated rings. The second-order valence-electron chi connectivity index (χ2n) is 3.83. The number of fused-ring (bicyclic) bond motifs is 1. The quantitative estimate of drug-likeness (QED) is 0.597. The zero-order valence-corrected chi connectivity index (χ0v) is 9.85. The lowest BCUT2D eigenvalue weighted by molar-refractivity contribution is -0.111. The van der Waals surface area contributed by atoms with Gasteiger partial charge in [-0.15, -0.1) is 0 Å². The van der Waals surface area contributed by atoms with Gasteiger partial charge in [-0.1, -0.05) is 61.7 Å². The van der Waals surface area contributed by atoms with Gasteiger partial charge in [0.25, 0.3) is 0 Å². The van der Waals surface area contributed by atoms with Crippen LogP contribution in [-0.4, -0.2) is 11.6 Å². The van der Waals surface area contributed by atoms with Crippen LogP contribution in [0.3, 0.4) is 0 Å². The Morgan fingerprint density at radius 1 is 0.889 bits per heavy atom. The lowest BCUT2D eigenvalue weighted by atomic mass is 9.83. The zero-order valence-electron chi connectivity index (χ0n) is 9.85. The molecule has 18 heavy (non-hydrogen) atoms. The van der Waals surface area contributed by atoms with Crippen molar-refractivity contribution < 1.29 is 9.59 Å². The Kier molecular flexibility index (Phi) is 3.20. The van der Waals surface area contributed by atoms with Gasteiger partial charge in [-0.2, -0.15) is 0 Å². The Morgan fingerprint density at radius 3 is 2.17 bits per heavy atom. The monoisotopic (exact) mass is 236 g/mol. The highest BCUT2D eigenvalue weighted by Gasteiger charge is 2.29. The fourth-order valence-corrected chi connectivity index (χ4v) is 1.97. The number of ketones is 2. The number of rotatable bonds is 3. The standard InChI is InChI=1S/C16H12O2/c1-3-5-8-12-11(4-2)15(17)16(18)14-10-7-6-9-13(12)14/h3-10H,1-2H2/b8-5-. The fraction of sp³-hybridized carbons (Fsp3) is 0. The first-order valence-corrected chi connectivity index (χ1v) is 5.55. The van der Waals surface area contributed by atoms with E-state index in [1.165, 1.54) is 6.08 Å². The van der Waals surface area contributed by atoms with Gasteiger partial charge in [-0.05, 0) is 11.1 Å². The molecule has 0 unspecified atom stereocenters. The van der Waals surface area contributed by atoms with Crippen molar-refractivity contribution in [1.29, 1.82) is 0 Å². The molecule has 2 nitrogen and oxygen atoms in total. The van der Waals surface area contributed by atoms with E-state index in [-0.39, 0.29) is 0 Å². The van der Waals surface area contributed by atoms with Crippen LogP contribution in [0.25, 0.3) is 5.57 Å². The minimum absolute atomic E-state index is 0.344. The van der Waals surface area contributed by atoms with Gasteiger partial charge in [0.05, 0.1) is 0 Å². The first-order chi connectivity index (χ1) is 8.70. The van der Waals surface area contributed by atoms with E-state index in [1.807, 2.05) is 12.1 Å². The maximum atomic E-state index is 12.0. The number of allylic oxidation sites excluding steroid dienone is 6. The normalized spacial score (nSPS) is 14.9. The van der Waals surface area contributed by atoms with Crippen LogP contribution >= 0.6 is 0 Å². The first kappa shape index (κ1) is 12.0. The van der Waals surface area contributed by atoms with E-state index in [1.54, 1.807) is 30.4 Å². The molecule has 0 atom stereocenters. The summed E-state index contributed by atoms with van der Waals surface area (Å²) in [6.07, 6.45) is 6.56. The van der Waals surface area contributed by atoms with Gasteiger partial charge in [-0.25, -0.2) is 0 Å². The molecule has 1 aromatic carbocycles. The summed E-state index contributed by atoms with van der Waals surface area (Å²) in [4.78, 5) is 23.9. The minimum Gasteiger partial charge on any atom is -0.285 e. The number of hydrogen-bond acceptors (Lipinski definition) is 2. The van der Waals surface area contributed by atoms with Crippen LogP contribution in [0.4, 0.5) is 0 Å². The Hall–Kier alpha value is -2.48. The van der Waals surface area contributed by atoms with Gasteiger partial charge in [0.1, 0.15) is 0 Å². The molecular formula is C16H12O2. The highest BCUT2D eigenvalue weighted by Crippen LogP contribution is 2.30. The average molecular weight is 236 g/mol. The number of benzene rings is 1. The van der Waals surface area contributed by atoms with Gasteiger partial charge in [0.15, 0.2) is 0 Å². The summed E-state index contributed by atoms with van der Waals surface area (Å²) < 4.78 is 0. The molecule has 0 N–H and O–H groups in total. The van der Waals surface area contributed by atoms with E-state index in [0.29, 0.717) is 16.7 Å². The van der Waals surface area contributed by atoms with Crippen LogP contribution in [0.5, 0.6) is 0 Å². The van der Waals surface area contributed by atoms with Crippen LogP contribution in [0, 0.1) is 0 Å². The molecule has 1 aliphatic rings. The first-order valence-electron chi connectivity index (χ1n) is 5.55. The number of Topliss-reactive ketones (excluding diaryl/α,β-unsaturated/α-hetero) is 2. The van der Waals surface area contributed by atoms with Crippen molar-refractivity contribution in [2.45, 2.75) is 0 Å². The Balaban J connectivity index is 2.76. The smallest absolute Gasteiger partial charge is 0.234 e. The Bertz CT molecular complexity index is 616. The predicted octanol–water partition coefficient (Wildman–Crippen LogP) is 3.13. The third-order valence-electron chi connectivity index (χ3n) is 2.81. The van der Waals surface area contributed by atoms with Crippen molar-refractivity contribution in [1.82, 2.24) is 0 Å². The van der Waals surface area contributed by atoms with E-state index < -0.39 is 11.6 Å². The molecule has 0 aromatic heterocycles. The molecule has 1 aliphatic carbocycles. The van der Waals surface area contributed by atoms with Crippen molar-refractivity contribution in [3.05, 3.63) is 78.4 Å². The molecule has 2 rings (SSSR count). The van der Waals surface area contributed by atoms with Crippen LogP contribution in [-0.2, 0) is 4.79 Å². The van der Waals surface area contributed by atoms with Gasteiger partial charge < -0.3 is 0 Å². The number of carbonyl (C=O) groups is 2. The summed E-state index contributed by atoms with van der Waals surface area (Å²) in [5.41, 5.74) is 2.26. The van der Waals surface area contributed by atoms with Crippen LogP contribution < -0.4 is 0 Å². The Labute approximate surface area is 106 Å². The van der Waals surface area contributed by atoms with Crippen molar-refractivity contribution in [3.63, 3.8) is 0 Å². The van der Waals surface area contributed by atoms with Crippen molar-refractivity contribution >= 4 is 17.1 Å². The van der Waals surface area contributed by atoms with Gasteiger partial charge in [0.2, 0.25) is 11.6 Å². The molecule has 0 heterocycles. The van der Waals surface area contributed by atoms with Gasteiger partial charge in [0, 0.05) is 11.1 Å². The van der Waals surface area contributed by atoms with E-state index in [0.717, 1.165) is 5.56 Å². The third kappa shape index (κ3) is 1.78. The molecule has 88 valence electrons. The average Bonchev–Trinajstić information content (AvgIpc) is 2.41. The topological polar surface area (TPSA) is 34.1 Å². The van der Waals surface area contributed by atoms with Gasteiger partial charge >= 0.3 is 0 Å². The van der Waals surface area contributed by atoms with E-state index in [2.05, 4.69) is 13.2 Å². The van der Waals surface area contributed by atoms with Crippen molar-refractivity contribution in [2.75, 3.05) is 0 Å². The van der Waals surface area contributed by atoms with Crippen molar-refractivity contribution in [3.8, 4) is 0 Å². The lowest BCUT2D eigenvalue weighted by Gasteiger charge is -2.17. The molecule has 0 radical (unpaired) electrons. The summed E-state index contributed by atoms with van der Waals surface area (Å²) in [6.45, 7) is 7.21. The molecule has 0 aliphatic heterocycles. The number of hydrogen-bond donors (Lipinski definition) is 0. The lowest BCUT2D eigenvalue weighted by Crippen LogP contribution is -2.22. The summed E-state index contributed by atoms with van der Waals surface area (Å²) in [5, 5.41) is 0. The van der Waals surface area contributed by atoms with Gasteiger partial charge in [-0.3, -0.25) is 9.59 Å². The summed E-state index contributed by atoms with van der Waals surface area (Å²) in [6, 6.07) is 7.07. The van der Waals surface area contributed by atoms with Crippen molar-refractivity contribution in [2.24, 2.45) is 0 Å². The molecular weight excluding hydrogens is 224 g/mol. The van der Waals surface area contributed by atoms with E-state index in [4.69, 9.17) is 0 Å². The highest BCUT2D eigenvalue weighted by atomic mass is 16.2. The zero-order chi connectivity index (χ0) is 13.1. The molecule has 2 heteroatoms. The largest absolute Gasteiger partial charge is 0.285 e. The molecule has 0 saturated heterocycles. The minimum atomic E-state index is -0.507. The summed E-state index contributed by atoms with van der Waals surface area (Å²) in [7, 11) is 0.